The van der Waals surface area contributed by atoms with Crippen molar-refractivity contribution in [3.8, 4) is 11.8 Å². The van der Waals surface area contributed by atoms with Gasteiger partial charge < -0.3 is 10.1 Å². The molecule has 35 heavy (non-hydrogen) atoms. The molecule has 1 aliphatic carbocycles. The van der Waals surface area contributed by atoms with Gasteiger partial charge in [-0.25, -0.2) is 8.42 Å². The smallest absolute Gasteiger partial charge is 0.389 e. The normalized spacial score (nSPS) is 19.9. The molecule has 0 aromatic heterocycles. The molecule has 184 valence electrons. The Hall–Kier alpha value is -3.32. The first kappa shape index (κ1) is 24.8. The van der Waals surface area contributed by atoms with Gasteiger partial charge in [-0.15, -0.1) is 0 Å². The van der Waals surface area contributed by atoms with Crippen molar-refractivity contribution < 1.29 is 31.1 Å². The molecule has 0 saturated heterocycles. The third kappa shape index (κ3) is 5.20. The van der Waals surface area contributed by atoms with Gasteiger partial charge in [0.2, 0.25) is 0 Å². The van der Waals surface area contributed by atoms with Gasteiger partial charge in [-0.3, -0.25) is 4.79 Å². The second kappa shape index (κ2) is 9.04. The number of carbonyl (C=O) groups is 1. The summed E-state index contributed by atoms with van der Waals surface area (Å²) >= 11 is 0. The number of rotatable bonds is 6. The van der Waals surface area contributed by atoms with Gasteiger partial charge >= 0.3 is 6.18 Å². The lowest BCUT2D eigenvalue weighted by Gasteiger charge is -2.37. The van der Waals surface area contributed by atoms with Crippen molar-refractivity contribution in [1.29, 1.82) is 5.26 Å². The molecule has 10 heteroatoms. The number of halogens is 3. The first-order valence-electron chi connectivity index (χ1n) is 11.0. The number of nitriles is 1. The number of hydrogen-bond donors (Lipinski definition) is 1. The number of benzene rings is 2. The average molecular weight is 505 g/mol. The summed E-state index contributed by atoms with van der Waals surface area (Å²) in [4.78, 5) is 13.1. The summed E-state index contributed by atoms with van der Waals surface area (Å²) in [6.07, 6.45) is -2.61. The Balaban J connectivity index is 1.59. The molecule has 1 atom stereocenters. The van der Waals surface area contributed by atoms with E-state index in [9.17, 15) is 31.6 Å². The number of carbonyl (C=O) groups excluding carboxylic acids is 1. The van der Waals surface area contributed by atoms with Gasteiger partial charge in [-0.2, -0.15) is 18.4 Å². The van der Waals surface area contributed by atoms with Crippen molar-refractivity contribution >= 4 is 21.3 Å². The lowest BCUT2D eigenvalue weighted by atomic mass is 9.78. The van der Waals surface area contributed by atoms with Gasteiger partial charge in [0, 0.05) is 19.1 Å². The number of hydrogen-bond acceptors (Lipinski definition) is 5. The first-order chi connectivity index (χ1) is 16.4. The van der Waals surface area contributed by atoms with E-state index >= 15 is 0 Å². The Kier molecular flexibility index (Phi) is 6.40. The largest absolute Gasteiger partial charge is 0.494 e. The molecule has 1 amide bonds. The van der Waals surface area contributed by atoms with Crippen LogP contribution in [-0.4, -0.2) is 33.4 Å². The van der Waals surface area contributed by atoms with Crippen LogP contribution in [0.15, 0.2) is 52.9 Å². The Morgan fingerprint density at radius 3 is 2.51 bits per heavy atom. The topological polar surface area (TPSA) is 96.3 Å². The molecular weight excluding hydrogens is 481 g/mol. The Morgan fingerprint density at radius 2 is 1.89 bits per heavy atom. The van der Waals surface area contributed by atoms with Crippen molar-refractivity contribution in [3.63, 3.8) is 0 Å². The van der Waals surface area contributed by atoms with Gasteiger partial charge in [0.1, 0.15) is 17.4 Å². The molecule has 4 rings (SSSR count). The first-order valence-corrected chi connectivity index (χ1v) is 12.9. The lowest BCUT2D eigenvalue weighted by molar-refractivity contribution is -0.136. The van der Waals surface area contributed by atoms with E-state index < -0.39 is 33.9 Å². The maximum absolute atomic E-state index is 12.9. The zero-order valence-corrected chi connectivity index (χ0v) is 19.7. The van der Waals surface area contributed by atoms with Gasteiger partial charge in [0.25, 0.3) is 5.91 Å². The molecule has 0 unspecified atom stereocenters. The number of nitrogens with zero attached hydrogens (tertiary/aromatic N) is 1. The van der Waals surface area contributed by atoms with Gasteiger partial charge in [0.05, 0.1) is 17.0 Å². The summed E-state index contributed by atoms with van der Waals surface area (Å²) in [7, 11) is -3.39. The van der Waals surface area contributed by atoms with Gasteiger partial charge in [-0.05, 0) is 65.8 Å². The standard InChI is InChI=1S/C25H23F3N2O4S/c1-35(32,33)19-6-3-16(4-7-19)20-14-24(30-23(31)21(20)15-29)11-9-17-13-18(5-8-22(17)24)34-12-2-10-25(26,27)28/h3-8,13H,2,9-12,14H2,1H3,(H,30,31)/t24-/m0/s1. The van der Waals surface area contributed by atoms with Crippen LogP contribution >= 0.6 is 0 Å². The maximum atomic E-state index is 12.9. The third-order valence-electron chi connectivity index (χ3n) is 6.39. The number of fused-ring (bicyclic) bond motifs is 2. The second-order valence-electron chi connectivity index (χ2n) is 8.86. The van der Waals surface area contributed by atoms with E-state index in [1.165, 1.54) is 12.1 Å². The minimum atomic E-state index is -4.22. The van der Waals surface area contributed by atoms with E-state index in [1.54, 1.807) is 24.3 Å². The van der Waals surface area contributed by atoms with Crippen LogP contribution < -0.4 is 10.1 Å². The van der Waals surface area contributed by atoms with Crippen molar-refractivity contribution in [2.45, 2.75) is 48.7 Å². The molecule has 1 spiro atoms. The van der Waals surface area contributed by atoms with Crippen LogP contribution in [0.4, 0.5) is 13.2 Å². The van der Waals surface area contributed by atoms with Crippen LogP contribution in [0.25, 0.3) is 5.57 Å². The fourth-order valence-electron chi connectivity index (χ4n) is 4.71. The molecule has 1 heterocycles. The third-order valence-corrected chi connectivity index (χ3v) is 7.52. The summed E-state index contributed by atoms with van der Waals surface area (Å²) in [5.41, 5.74) is 2.17. The Labute approximate surface area is 201 Å². The zero-order valence-electron chi connectivity index (χ0n) is 18.9. The van der Waals surface area contributed by atoms with E-state index in [0.717, 1.165) is 17.4 Å². The molecule has 6 nitrogen and oxygen atoms in total. The Morgan fingerprint density at radius 1 is 1.17 bits per heavy atom. The second-order valence-corrected chi connectivity index (χ2v) is 10.9. The SMILES string of the molecule is CS(=O)(=O)c1ccc(C2=C(C#N)C(=O)N[C@@]3(CCc4cc(OCCCC(F)(F)F)ccc43)C2)cc1. The molecular formula is C25H23F3N2O4S. The van der Waals surface area contributed by atoms with Gasteiger partial charge in [0.15, 0.2) is 9.84 Å². The van der Waals surface area contributed by atoms with Crippen LogP contribution in [-0.2, 0) is 26.6 Å². The summed E-state index contributed by atoms with van der Waals surface area (Å²) in [5, 5.41) is 12.6. The van der Waals surface area contributed by atoms with Crippen molar-refractivity contribution in [3.05, 3.63) is 64.7 Å². The molecule has 0 saturated carbocycles. The summed E-state index contributed by atoms with van der Waals surface area (Å²) in [5.74, 6) is -0.0313. The zero-order chi connectivity index (χ0) is 25.4. The van der Waals surface area contributed by atoms with Crippen molar-refractivity contribution in [2.75, 3.05) is 12.9 Å². The van der Waals surface area contributed by atoms with E-state index in [0.29, 0.717) is 36.1 Å². The number of ether oxygens (including phenoxy) is 1. The maximum Gasteiger partial charge on any atom is 0.389 e. The van der Waals surface area contributed by atoms with Crippen LogP contribution in [0.2, 0.25) is 0 Å². The number of sulfone groups is 1. The van der Waals surface area contributed by atoms with E-state index in [2.05, 4.69) is 5.32 Å². The quantitative estimate of drug-likeness (QED) is 0.587. The van der Waals surface area contributed by atoms with E-state index in [-0.39, 0.29) is 23.5 Å². The fourth-order valence-corrected chi connectivity index (χ4v) is 5.34. The molecule has 2 aromatic rings. The van der Waals surface area contributed by atoms with Crippen molar-refractivity contribution in [2.24, 2.45) is 0 Å². The highest BCUT2D eigenvalue weighted by Gasteiger charge is 2.45. The molecule has 1 N–H and O–H groups in total. The van der Waals surface area contributed by atoms with Crippen molar-refractivity contribution in [1.82, 2.24) is 5.32 Å². The molecule has 1 aliphatic heterocycles. The monoisotopic (exact) mass is 504 g/mol. The number of aryl methyl sites for hydroxylation is 1. The number of alkyl halides is 3. The highest BCUT2D eigenvalue weighted by atomic mass is 32.2. The van der Waals surface area contributed by atoms with Gasteiger partial charge in [-0.1, -0.05) is 18.2 Å². The average Bonchev–Trinajstić information content (AvgIpc) is 3.12. The summed E-state index contributed by atoms with van der Waals surface area (Å²) < 4.78 is 66.1. The molecule has 0 radical (unpaired) electrons. The number of nitrogens with one attached hydrogen (secondary N) is 1. The minimum Gasteiger partial charge on any atom is -0.494 e. The summed E-state index contributed by atoms with van der Waals surface area (Å²) in [6.45, 7) is -0.0535. The minimum absolute atomic E-state index is 0.0131. The number of amides is 1. The molecule has 0 bridgehead atoms. The van der Waals surface area contributed by atoms with Crippen LogP contribution in [0.5, 0.6) is 5.75 Å². The molecule has 2 aliphatic rings. The predicted molar refractivity (Wildman–Crippen MR) is 122 cm³/mol. The van der Waals surface area contributed by atoms with Crippen LogP contribution in [0, 0.1) is 11.3 Å². The lowest BCUT2D eigenvalue weighted by Crippen LogP contribution is -2.48. The highest BCUT2D eigenvalue weighted by Crippen LogP contribution is 2.47. The predicted octanol–water partition coefficient (Wildman–Crippen LogP) is 4.45. The van der Waals surface area contributed by atoms with E-state index in [1.807, 2.05) is 12.1 Å². The summed E-state index contributed by atoms with van der Waals surface area (Å²) in [6, 6.07) is 13.4. The molecule has 0 fully saturated rings. The Bertz CT molecular complexity index is 1340. The fraction of sp³-hybridized carbons (Fsp3) is 0.360. The van der Waals surface area contributed by atoms with Crippen LogP contribution in [0.1, 0.15) is 42.4 Å². The van der Waals surface area contributed by atoms with E-state index in [4.69, 9.17) is 4.74 Å². The highest BCUT2D eigenvalue weighted by molar-refractivity contribution is 7.90. The van der Waals surface area contributed by atoms with Crippen LogP contribution in [0.3, 0.4) is 0 Å². The molecule has 2 aromatic carbocycles.